The van der Waals surface area contributed by atoms with Gasteiger partial charge in [-0.2, -0.15) is 0 Å². The lowest BCUT2D eigenvalue weighted by Crippen LogP contribution is -2.16. The van der Waals surface area contributed by atoms with E-state index < -0.39 is 17.5 Å². The lowest BCUT2D eigenvalue weighted by molar-refractivity contribution is -0.385. The largest absolute Gasteiger partial charge is 0.457 e. The van der Waals surface area contributed by atoms with Gasteiger partial charge in [0.2, 0.25) is 5.78 Å². The number of rotatable bonds is 6. The predicted octanol–water partition coefficient (Wildman–Crippen LogP) is 3.35. The molecule has 0 saturated heterocycles. The Bertz CT molecular complexity index is 1010. The molecule has 7 heteroatoms. The van der Waals surface area contributed by atoms with E-state index in [1.54, 1.807) is 13.0 Å². The summed E-state index contributed by atoms with van der Waals surface area (Å²) in [7, 11) is 0. The number of fused-ring (bicyclic) bond motifs is 1. The number of nitrogens with one attached hydrogen (secondary N) is 1. The molecule has 0 unspecified atom stereocenters. The Labute approximate surface area is 148 Å². The number of nitrogens with zero attached hydrogens (tertiary/aromatic N) is 1. The van der Waals surface area contributed by atoms with Crippen molar-refractivity contribution in [1.29, 1.82) is 0 Å². The molecule has 0 aliphatic heterocycles. The predicted molar refractivity (Wildman–Crippen MR) is 95.1 cm³/mol. The summed E-state index contributed by atoms with van der Waals surface area (Å²) in [6.45, 7) is 1.37. The van der Waals surface area contributed by atoms with E-state index >= 15 is 0 Å². The van der Waals surface area contributed by atoms with E-state index in [0.29, 0.717) is 11.3 Å². The van der Waals surface area contributed by atoms with Gasteiger partial charge in [0.15, 0.2) is 6.61 Å². The Hall–Kier alpha value is -3.48. The molecule has 0 saturated carbocycles. The molecule has 132 valence electrons. The van der Waals surface area contributed by atoms with Gasteiger partial charge in [-0.1, -0.05) is 36.4 Å². The van der Waals surface area contributed by atoms with E-state index in [1.165, 1.54) is 18.2 Å². The molecule has 0 aliphatic carbocycles. The van der Waals surface area contributed by atoms with Gasteiger partial charge in [-0.25, -0.2) is 0 Å². The van der Waals surface area contributed by atoms with Crippen LogP contribution in [-0.2, 0) is 16.0 Å². The summed E-state index contributed by atoms with van der Waals surface area (Å²) in [6, 6.07) is 13.3. The van der Waals surface area contributed by atoms with Gasteiger partial charge >= 0.3 is 5.97 Å². The second kappa shape index (κ2) is 7.18. The number of aryl methyl sites for hydroxylation is 1. The number of nitro benzene ring substituents is 1. The Morgan fingerprint density at radius 2 is 1.81 bits per heavy atom. The number of aromatic nitrogens is 1. The number of carbonyl (C=O) groups excluding carboxylic acids is 2. The second-order valence-electron chi connectivity index (χ2n) is 5.82. The van der Waals surface area contributed by atoms with Gasteiger partial charge in [-0.05, 0) is 13.0 Å². The van der Waals surface area contributed by atoms with Crippen LogP contribution in [0, 0.1) is 17.0 Å². The summed E-state index contributed by atoms with van der Waals surface area (Å²) in [6.07, 6.45) is -0.267. The Morgan fingerprint density at radius 3 is 2.58 bits per heavy atom. The number of aromatic amines is 1. The third-order valence-electron chi connectivity index (χ3n) is 4.06. The van der Waals surface area contributed by atoms with Crippen LogP contribution in [0.2, 0.25) is 0 Å². The number of ketones is 1. The maximum absolute atomic E-state index is 12.5. The van der Waals surface area contributed by atoms with Crippen molar-refractivity contribution in [2.75, 3.05) is 6.61 Å². The van der Waals surface area contributed by atoms with E-state index in [9.17, 15) is 19.7 Å². The molecule has 0 bridgehead atoms. The smallest absolute Gasteiger partial charge is 0.310 e. The molecule has 0 radical (unpaired) electrons. The first-order valence-electron chi connectivity index (χ1n) is 7.96. The summed E-state index contributed by atoms with van der Waals surface area (Å²) in [5.41, 5.74) is 2.12. The van der Waals surface area contributed by atoms with Crippen molar-refractivity contribution in [2.45, 2.75) is 13.3 Å². The molecule has 2 aromatic carbocycles. The van der Waals surface area contributed by atoms with E-state index in [0.717, 1.165) is 10.9 Å². The van der Waals surface area contributed by atoms with Crippen molar-refractivity contribution in [3.63, 3.8) is 0 Å². The van der Waals surface area contributed by atoms with Crippen LogP contribution in [-0.4, -0.2) is 28.3 Å². The van der Waals surface area contributed by atoms with Crippen molar-refractivity contribution in [1.82, 2.24) is 4.98 Å². The molecule has 3 rings (SSSR count). The lowest BCUT2D eigenvalue weighted by Gasteiger charge is -2.05. The van der Waals surface area contributed by atoms with Crippen LogP contribution >= 0.6 is 0 Å². The molecule has 7 nitrogen and oxygen atoms in total. The molecule has 3 aromatic rings. The monoisotopic (exact) mass is 352 g/mol. The standard InChI is InChI=1S/C19H16N2O5/c1-12-19(14-7-3-4-8-15(14)20-12)17(22)11-26-18(23)10-13-6-2-5-9-16(13)21(24)25/h2-9,20H,10-11H2,1H3. The van der Waals surface area contributed by atoms with Crippen molar-refractivity contribution in [2.24, 2.45) is 0 Å². The first-order chi connectivity index (χ1) is 12.5. The minimum atomic E-state index is -0.690. The number of esters is 1. The molecule has 1 N–H and O–H groups in total. The lowest BCUT2D eigenvalue weighted by atomic mass is 10.1. The minimum absolute atomic E-state index is 0.150. The number of Topliss-reactive ketones (excluding diaryl/α,β-unsaturated/α-hetero) is 1. The molecule has 0 spiro atoms. The normalized spacial score (nSPS) is 10.7. The van der Waals surface area contributed by atoms with Crippen LogP contribution in [0.25, 0.3) is 10.9 Å². The maximum Gasteiger partial charge on any atom is 0.310 e. The number of nitro groups is 1. The third kappa shape index (κ3) is 3.46. The molecule has 26 heavy (non-hydrogen) atoms. The zero-order valence-electron chi connectivity index (χ0n) is 14.0. The number of ether oxygens (including phenoxy) is 1. The number of benzene rings is 2. The summed E-state index contributed by atoms with van der Waals surface area (Å²) in [4.78, 5) is 38.0. The zero-order chi connectivity index (χ0) is 18.7. The SMILES string of the molecule is Cc1[nH]c2ccccc2c1C(=O)COC(=O)Cc1ccccc1[N+](=O)[O-]. The van der Waals surface area contributed by atoms with Crippen molar-refractivity contribution >= 4 is 28.3 Å². The first kappa shape index (κ1) is 17.3. The number of H-pyrrole nitrogens is 1. The number of hydrogen-bond donors (Lipinski definition) is 1. The fourth-order valence-corrected chi connectivity index (χ4v) is 2.90. The summed E-state index contributed by atoms with van der Waals surface area (Å²) in [5.74, 6) is -1.01. The van der Waals surface area contributed by atoms with Crippen LogP contribution in [0.5, 0.6) is 0 Å². The van der Waals surface area contributed by atoms with E-state index in [1.807, 2.05) is 24.3 Å². The Balaban J connectivity index is 1.69. The second-order valence-corrected chi connectivity index (χ2v) is 5.82. The highest BCUT2D eigenvalue weighted by atomic mass is 16.6. The Morgan fingerprint density at radius 1 is 1.12 bits per heavy atom. The van der Waals surface area contributed by atoms with Crippen LogP contribution in [0.4, 0.5) is 5.69 Å². The molecule has 1 aromatic heterocycles. The molecular weight excluding hydrogens is 336 g/mol. The third-order valence-corrected chi connectivity index (χ3v) is 4.06. The minimum Gasteiger partial charge on any atom is -0.457 e. The van der Waals surface area contributed by atoms with Gasteiger partial charge in [-0.15, -0.1) is 0 Å². The Kier molecular flexibility index (Phi) is 4.79. The number of para-hydroxylation sites is 2. The molecule has 0 fully saturated rings. The number of carbonyl (C=O) groups is 2. The van der Waals surface area contributed by atoms with E-state index in [2.05, 4.69) is 4.98 Å². The van der Waals surface area contributed by atoms with Crippen molar-refractivity contribution in [3.05, 3.63) is 75.5 Å². The van der Waals surface area contributed by atoms with Crippen LogP contribution < -0.4 is 0 Å². The van der Waals surface area contributed by atoms with Gasteiger partial charge in [0.1, 0.15) is 0 Å². The molecular formula is C19H16N2O5. The van der Waals surface area contributed by atoms with Crippen LogP contribution in [0.15, 0.2) is 48.5 Å². The highest BCUT2D eigenvalue weighted by Gasteiger charge is 2.20. The first-order valence-corrected chi connectivity index (χ1v) is 7.96. The van der Waals surface area contributed by atoms with Gasteiger partial charge in [-0.3, -0.25) is 19.7 Å². The zero-order valence-corrected chi connectivity index (χ0v) is 14.0. The fraction of sp³-hybridized carbons (Fsp3) is 0.158. The number of hydrogen-bond acceptors (Lipinski definition) is 5. The van der Waals surface area contributed by atoms with Gasteiger partial charge in [0.05, 0.1) is 11.3 Å². The molecule has 0 atom stereocenters. The van der Waals surface area contributed by atoms with Crippen molar-refractivity contribution in [3.8, 4) is 0 Å². The fourth-order valence-electron chi connectivity index (χ4n) is 2.90. The highest BCUT2D eigenvalue weighted by molar-refractivity contribution is 6.10. The molecule has 0 amide bonds. The van der Waals surface area contributed by atoms with E-state index in [4.69, 9.17) is 4.74 Å². The van der Waals surface area contributed by atoms with Gasteiger partial charge in [0.25, 0.3) is 5.69 Å². The average Bonchev–Trinajstić information content (AvgIpc) is 2.95. The van der Waals surface area contributed by atoms with Gasteiger partial charge in [0, 0.05) is 33.8 Å². The summed E-state index contributed by atoms with van der Waals surface area (Å²) >= 11 is 0. The molecule has 1 heterocycles. The summed E-state index contributed by atoms with van der Waals surface area (Å²) in [5, 5.41) is 11.8. The topological polar surface area (TPSA) is 102 Å². The van der Waals surface area contributed by atoms with Crippen LogP contribution in [0.3, 0.4) is 0 Å². The van der Waals surface area contributed by atoms with Crippen molar-refractivity contribution < 1.29 is 19.2 Å². The maximum atomic E-state index is 12.5. The van der Waals surface area contributed by atoms with E-state index in [-0.39, 0.29) is 23.5 Å². The average molecular weight is 352 g/mol. The van der Waals surface area contributed by atoms with Crippen LogP contribution in [0.1, 0.15) is 21.6 Å². The highest BCUT2D eigenvalue weighted by Crippen LogP contribution is 2.22. The van der Waals surface area contributed by atoms with Gasteiger partial charge < -0.3 is 9.72 Å². The quantitative estimate of drug-likeness (QED) is 0.317. The summed E-state index contributed by atoms with van der Waals surface area (Å²) < 4.78 is 5.05. The molecule has 0 aliphatic rings.